The van der Waals surface area contributed by atoms with Gasteiger partial charge in [0.2, 0.25) is 10.0 Å². The minimum atomic E-state index is -3.69. The van der Waals surface area contributed by atoms with Gasteiger partial charge in [0.25, 0.3) is 0 Å². The summed E-state index contributed by atoms with van der Waals surface area (Å²) in [7, 11) is -2.26. The summed E-state index contributed by atoms with van der Waals surface area (Å²) < 4.78 is 31.7. The van der Waals surface area contributed by atoms with Crippen molar-refractivity contribution in [2.45, 2.75) is 11.4 Å². The SMILES string of the molecule is C=CCN(CC=C)S(=O)(=O)c1cc(CN)ccc1OC. The zero-order valence-electron chi connectivity index (χ0n) is 11.6. The number of nitrogens with two attached hydrogens (primary N) is 1. The quantitative estimate of drug-likeness (QED) is 0.738. The molecular weight excluding hydrogens is 276 g/mol. The maximum atomic E-state index is 12.7. The molecule has 1 aromatic rings. The second-order valence-corrected chi connectivity index (χ2v) is 6.00. The predicted molar refractivity (Wildman–Crippen MR) is 80.0 cm³/mol. The fourth-order valence-electron chi connectivity index (χ4n) is 1.75. The van der Waals surface area contributed by atoms with Crippen molar-refractivity contribution >= 4 is 10.0 Å². The highest BCUT2D eigenvalue weighted by atomic mass is 32.2. The molecule has 0 saturated carbocycles. The Kier molecular flexibility index (Phi) is 5.94. The number of hydrogen-bond acceptors (Lipinski definition) is 4. The number of rotatable bonds is 8. The Morgan fingerprint density at radius 1 is 1.30 bits per heavy atom. The molecule has 0 radical (unpaired) electrons. The molecule has 0 unspecified atom stereocenters. The van der Waals surface area contributed by atoms with Gasteiger partial charge in [0.15, 0.2) is 0 Å². The molecule has 0 atom stereocenters. The minimum absolute atomic E-state index is 0.103. The highest BCUT2D eigenvalue weighted by Gasteiger charge is 2.26. The fourth-order valence-corrected chi connectivity index (χ4v) is 3.33. The van der Waals surface area contributed by atoms with Crippen LogP contribution in [0.15, 0.2) is 48.4 Å². The number of hydrogen-bond donors (Lipinski definition) is 1. The zero-order valence-corrected chi connectivity index (χ0v) is 12.4. The molecule has 0 aliphatic heterocycles. The van der Waals surface area contributed by atoms with E-state index >= 15 is 0 Å². The molecule has 0 spiro atoms. The van der Waals surface area contributed by atoms with Crippen molar-refractivity contribution in [2.24, 2.45) is 5.73 Å². The molecule has 0 aliphatic carbocycles. The van der Waals surface area contributed by atoms with E-state index in [9.17, 15) is 8.42 Å². The van der Waals surface area contributed by atoms with Gasteiger partial charge >= 0.3 is 0 Å². The van der Waals surface area contributed by atoms with Crippen LogP contribution in [0.2, 0.25) is 0 Å². The summed E-state index contributed by atoms with van der Waals surface area (Å²) >= 11 is 0. The average Bonchev–Trinajstić information content (AvgIpc) is 2.46. The van der Waals surface area contributed by atoms with Gasteiger partial charge in [0, 0.05) is 19.6 Å². The first kappa shape index (κ1) is 16.4. The number of benzene rings is 1. The van der Waals surface area contributed by atoms with Crippen LogP contribution in [0, 0.1) is 0 Å². The summed E-state index contributed by atoms with van der Waals surface area (Å²) in [5.74, 6) is 0.292. The van der Waals surface area contributed by atoms with Gasteiger partial charge in [-0.3, -0.25) is 0 Å². The van der Waals surface area contributed by atoms with Gasteiger partial charge in [-0.15, -0.1) is 13.2 Å². The van der Waals surface area contributed by atoms with E-state index in [1.54, 1.807) is 12.1 Å². The molecule has 1 rings (SSSR count). The average molecular weight is 296 g/mol. The monoisotopic (exact) mass is 296 g/mol. The Hall–Kier alpha value is -1.63. The van der Waals surface area contributed by atoms with E-state index in [4.69, 9.17) is 10.5 Å². The lowest BCUT2D eigenvalue weighted by Gasteiger charge is -2.21. The standard InChI is InChI=1S/C14H20N2O3S/c1-4-8-16(9-5-2)20(17,18)14-10-12(11-15)6-7-13(14)19-3/h4-7,10H,1-2,8-9,11,15H2,3H3. The number of methoxy groups -OCH3 is 1. The molecule has 0 fully saturated rings. The van der Waals surface area contributed by atoms with E-state index in [0.29, 0.717) is 5.75 Å². The maximum absolute atomic E-state index is 12.7. The Morgan fingerprint density at radius 2 is 1.90 bits per heavy atom. The molecule has 20 heavy (non-hydrogen) atoms. The van der Waals surface area contributed by atoms with Crippen molar-refractivity contribution in [3.63, 3.8) is 0 Å². The molecule has 0 amide bonds. The Bertz CT molecular complexity index is 572. The molecule has 6 heteroatoms. The third-order valence-electron chi connectivity index (χ3n) is 2.75. The van der Waals surface area contributed by atoms with Gasteiger partial charge in [-0.2, -0.15) is 4.31 Å². The summed E-state index contributed by atoms with van der Waals surface area (Å²) in [6.07, 6.45) is 3.06. The highest BCUT2D eigenvalue weighted by Crippen LogP contribution is 2.27. The summed E-state index contributed by atoms with van der Waals surface area (Å²) in [4.78, 5) is 0.103. The number of sulfonamides is 1. The molecule has 1 aromatic carbocycles. The first-order valence-corrected chi connectivity index (χ1v) is 7.54. The van der Waals surface area contributed by atoms with E-state index < -0.39 is 10.0 Å². The third-order valence-corrected chi connectivity index (χ3v) is 4.60. The molecule has 2 N–H and O–H groups in total. The van der Waals surface area contributed by atoms with Gasteiger partial charge in [-0.25, -0.2) is 8.42 Å². The Morgan fingerprint density at radius 3 is 2.35 bits per heavy atom. The van der Waals surface area contributed by atoms with Crippen LogP contribution in [0.5, 0.6) is 5.75 Å². The molecule has 0 heterocycles. The molecule has 0 aromatic heterocycles. The topological polar surface area (TPSA) is 72.6 Å². The van der Waals surface area contributed by atoms with Gasteiger partial charge in [0.1, 0.15) is 10.6 Å². The maximum Gasteiger partial charge on any atom is 0.247 e. The first-order valence-electron chi connectivity index (χ1n) is 6.10. The van der Waals surface area contributed by atoms with E-state index in [-0.39, 0.29) is 24.5 Å². The van der Waals surface area contributed by atoms with Crippen LogP contribution in [0.4, 0.5) is 0 Å². The zero-order chi connectivity index (χ0) is 15.2. The summed E-state index contributed by atoms with van der Waals surface area (Å²) in [6.45, 7) is 7.81. The van der Waals surface area contributed by atoms with Crippen molar-refractivity contribution in [1.29, 1.82) is 0 Å². The molecule has 0 bridgehead atoms. The largest absolute Gasteiger partial charge is 0.495 e. The molecule has 5 nitrogen and oxygen atoms in total. The number of ether oxygens (including phenoxy) is 1. The van der Waals surface area contributed by atoms with E-state index in [1.807, 2.05) is 0 Å². The Balaban J connectivity index is 3.37. The van der Waals surface area contributed by atoms with Crippen molar-refractivity contribution < 1.29 is 13.2 Å². The molecule has 110 valence electrons. The molecule has 0 aliphatic rings. The molecule has 0 saturated heterocycles. The fraction of sp³-hybridized carbons (Fsp3) is 0.286. The van der Waals surface area contributed by atoms with E-state index in [2.05, 4.69) is 13.2 Å². The summed E-state index contributed by atoms with van der Waals surface area (Å²) in [6, 6.07) is 4.88. The van der Waals surface area contributed by atoms with Gasteiger partial charge in [-0.05, 0) is 17.7 Å². The van der Waals surface area contributed by atoms with Gasteiger partial charge in [0.05, 0.1) is 7.11 Å². The number of nitrogens with zero attached hydrogens (tertiary/aromatic N) is 1. The summed E-state index contributed by atoms with van der Waals surface area (Å²) in [5, 5.41) is 0. The highest BCUT2D eigenvalue weighted by molar-refractivity contribution is 7.89. The van der Waals surface area contributed by atoms with Crippen LogP contribution in [-0.4, -0.2) is 32.9 Å². The van der Waals surface area contributed by atoms with Crippen molar-refractivity contribution in [2.75, 3.05) is 20.2 Å². The molecular formula is C14H20N2O3S. The van der Waals surface area contributed by atoms with Crippen LogP contribution in [0.25, 0.3) is 0 Å². The van der Waals surface area contributed by atoms with Gasteiger partial charge < -0.3 is 10.5 Å². The minimum Gasteiger partial charge on any atom is -0.495 e. The van der Waals surface area contributed by atoms with E-state index in [1.165, 1.54) is 29.6 Å². The third kappa shape index (κ3) is 3.47. The predicted octanol–water partition coefficient (Wildman–Crippen LogP) is 1.52. The van der Waals surface area contributed by atoms with Crippen LogP contribution in [0.1, 0.15) is 5.56 Å². The smallest absolute Gasteiger partial charge is 0.247 e. The lowest BCUT2D eigenvalue weighted by molar-refractivity contribution is 0.398. The van der Waals surface area contributed by atoms with E-state index in [0.717, 1.165) is 5.56 Å². The van der Waals surface area contributed by atoms with Crippen LogP contribution in [0.3, 0.4) is 0 Å². The Labute approximate surface area is 120 Å². The van der Waals surface area contributed by atoms with Crippen molar-refractivity contribution in [3.8, 4) is 5.75 Å². The normalized spacial score (nSPS) is 11.3. The van der Waals surface area contributed by atoms with Gasteiger partial charge in [-0.1, -0.05) is 18.2 Å². The van der Waals surface area contributed by atoms with Crippen LogP contribution in [-0.2, 0) is 16.6 Å². The van der Waals surface area contributed by atoms with Crippen LogP contribution < -0.4 is 10.5 Å². The van der Waals surface area contributed by atoms with Crippen LogP contribution >= 0.6 is 0 Å². The van der Waals surface area contributed by atoms with Crippen molar-refractivity contribution in [3.05, 3.63) is 49.1 Å². The lowest BCUT2D eigenvalue weighted by atomic mass is 10.2. The summed E-state index contributed by atoms with van der Waals surface area (Å²) in [5.41, 5.74) is 6.29. The van der Waals surface area contributed by atoms with Crippen molar-refractivity contribution in [1.82, 2.24) is 4.31 Å². The lowest BCUT2D eigenvalue weighted by Crippen LogP contribution is -2.31. The first-order chi connectivity index (χ1) is 9.51. The second kappa shape index (κ2) is 7.23. The second-order valence-electron chi connectivity index (χ2n) is 4.09.